The minimum Gasteiger partial charge on any atom is -0.356 e. The van der Waals surface area contributed by atoms with Crippen LogP contribution >= 0.6 is 0 Å². The molecular weight excluding hydrogens is 314 g/mol. The average molecular weight is 334 g/mol. The molecule has 0 saturated heterocycles. The first-order valence-electron chi connectivity index (χ1n) is 8.09. The lowest BCUT2D eigenvalue weighted by Gasteiger charge is -2.17. The Kier molecular flexibility index (Phi) is 4.87. The van der Waals surface area contributed by atoms with Crippen molar-refractivity contribution in [2.24, 2.45) is 13.0 Å². The molecule has 0 spiro atoms. The van der Waals surface area contributed by atoms with Gasteiger partial charge in [0, 0.05) is 26.4 Å². The van der Waals surface area contributed by atoms with Gasteiger partial charge in [0.15, 0.2) is 11.6 Å². The average Bonchev–Trinajstić information content (AvgIpc) is 3.31. The molecule has 1 amide bonds. The van der Waals surface area contributed by atoms with E-state index in [1.54, 1.807) is 17.8 Å². The van der Waals surface area contributed by atoms with Crippen molar-refractivity contribution in [3.63, 3.8) is 0 Å². The van der Waals surface area contributed by atoms with Crippen molar-refractivity contribution < 1.29 is 13.6 Å². The highest BCUT2D eigenvalue weighted by Crippen LogP contribution is 2.44. The SMILES string of the molecule is Cn1ncnc1CCNC(=O)CC(c1ccc(F)c(F)c1)C1CC1. The normalized spacial score (nSPS) is 15.3. The molecule has 5 nitrogen and oxygen atoms in total. The van der Waals surface area contributed by atoms with Crippen molar-refractivity contribution in [3.05, 3.63) is 47.5 Å². The predicted octanol–water partition coefficient (Wildman–Crippen LogP) is 2.34. The summed E-state index contributed by atoms with van der Waals surface area (Å²) in [6.45, 7) is 0.473. The molecule has 1 unspecified atom stereocenters. The first-order chi connectivity index (χ1) is 11.5. The highest BCUT2D eigenvalue weighted by Gasteiger charge is 2.34. The quantitative estimate of drug-likeness (QED) is 0.845. The fraction of sp³-hybridized carbons (Fsp3) is 0.471. The molecule has 0 aliphatic heterocycles. The molecule has 0 bridgehead atoms. The van der Waals surface area contributed by atoms with Crippen molar-refractivity contribution in [2.45, 2.75) is 31.6 Å². The number of hydrogen-bond donors (Lipinski definition) is 1. The summed E-state index contributed by atoms with van der Waals surface area (Å²) in [5.74, 6) is -0.690. The van der Waals surface area contributed by atoms with Gasteiger partial charge < -0.3 is 5.32 Å². The van der Waals surface area contributed by atoms with E-state index in [1.165, 1.54) is 12.4 Å². The molecule has 1 aliphatic rings. The number of carbonyl (C=O) groups excluding carboxylic acids is 1. The van der Waals surface area contributed by atoms with Crippen LogP contribution in [0.2, 0.25) is 0 Å². The van der Waals surface area contributed by atoms with Gasteiger partial charge in [0.1, 0.15) is 12.2 Å². The number of aromatic nitrogens is 3. The van der Waals surface area contributed by atoms with Gasteiger partial charge in [-0.15, -0.1) is 0 Å². The molecule has 128 valence electrons. The van der Waals surface area contributed by atoms with Crippen LogP contribution in [0.15, 0.2) is 24.5 Å². The molecule has 24 heavy (non-hydrogen) atoms. The summed E-state index contributed by atoms with van der Waals surface area (Å²) in [6, 6.07) is 3.92. The number of aryl methyl sites for hydroxylation is 1. The topological polar surface area (TPSA) is 59.8 Å². The van der Waals surface area contributed by atoms with Gasteiger partial charge >= 0.3 is 0 Å². The van der Waals surface area contributed by atoms with Gasteiger partial charge in [-0.3, -0.25) is 9.48 Å². The van der Waals surface area contributed by atoms with Crippen molar-refractivity contribution in [1.82, 2.24) is 20.1 Å². The fourth-order valence-corrected chi connectivity index (χ4v) is 2.93. The minimum absolute atomic E-state index is 0.0603. The highest BCUT2D eigenvalue weighted by molar-refractivity contribution is 5.77. The molecule has 2 aromatic rings. The molecule has 3 rings (SSSR count). The molecule has 1 aromatic carbocycles. The fourth-order valence-electron chi connectivity index (χ4n) is 2.93. The van der Waals surface area contributed by atoms with Gasteiger partial charge in [-0.2, -0.15) is 5.10 Å². The van der Waals surface area contributed by atoms with Crippen molar-refractivity contribution in [2.75, 3.05) is 6.54 Å². The predicted molar refractivity (Wildman–Crippen MR) is 84.2 cm³/mol. The van der Waals surface area contributed by atoms with Crippen LogP contribution < -0.4 is 5.32 Å². The van der Waals surface area contributed by atoms with Crippen LogP contribution in [0.1, 0.15) is 36.6 Å². The molecule has 1 aromatic heterocycles. The summed E-state index contributed by atoms with van der Waals surface area (Å²) in [6.07, 6.45) is 4.41. The highest BCUT2D eigenvalue weighted by atomic mass is 19.2. The Labute approximate surface area is 139 Å². The summed E-state index contributed by atoms with van der Waals surface area (Å²) in [5, 5.41) is 6.85. The number of benzene rings is 1. The Morgan fingerprint density at radius 3 is 2.79 bits per heavy atom. The van der Waals surface area contributed by atoms with E-state index in [9.17, 15) is 13.6 Å². The zero-order chi connectivity index (χ0) is 17.1. The lowest BCUT2D eigenvalue weighted by Crippen LogP contribution is -2.28. The third-order valence-corrected chi connectivity index (χ3v) is 4.44. The summed E-state index contributed by atoms with van der Waals surface area (Å²) >= 11 is 0. The van der Waals surface area contributed by atoms with E-state index in [0.717, 1.165) is 24.7 Å². The Balaban J connectivity index is 1.56. The second-order valence-corrected chi connectivity index (χ2v) is 6.22. The zero-order valence-electron chi connectivity index (χ0n) is 13.5. The van der Waals surface area contributed by atoms with Gasteiger partial charge in [-0.1, -0.05) is 6.07 Å². The van der Waals surface area contributed by atoms with Gasteiger partial charge in [-0.05, 0) is 42.4 Å². The Bertz CT molecular complexity index is 727. The van der Waals surface area contributed by atoms with Crippen LogP contribution in [0, 0.1) is 17.6 Å². The van der Waals surface area contributed by atoms with Gasteiger partial charge in [0.05, 0.1) is 0 Å². The van der Waals surface area contributed by atoms with Gasteiger partial charge in [0.25, 0.3) is 0 Å². The monoisotopic (exact) mass is 334 g/mol. The Morgan fingerprint density at radius 1 is 1.38 bits per heavy atom. The second-order valence-electron chi connectivity index (χ2n) is 6.22. The first kappa shape index (κ1) is 16.5. The second kappa shape index (κ2) is 7.07. The number of amides is 1. The van der Waals surface area contributed by atoms with Crippen LogP contribution in [0.5, 0.6) is 0 Å². The van der Waals surface area contributed by atoms with E-state index in [1.807, 2.05) is 0 Å². The molecule has 1 N–H and O–H groups in total. The Hall–Kier alpha value is -2.31. The zero-order valence-corrected chi connectivity index (χ0v) is 13.5. The summed E-state index contributed by atoms with van der Waals surface area (Å²) < 4.78 is 28.2. The smallest absolute Gasteiger partial charge is 0.220 e. The van der Waals surface area contributed by atoms with E-state index < -0.39 is 11.6 Å². The van der Waals surface area contributed by atoms with E-state index >= 15 is 0 Å². The van der Waals surface area contributed by atoms with Crippen molar-refractivity contribution in [3.8, 4) is 0 Å². The molecule has 1 atom stereocenters. The maximum Gasteiger partial charge on any atom is 0.220 e. The third-order valence-electron chi connectivity index (χ3n) is 4.44. The van der Waals surface area contributed by atoms with Crippen LogP contribution in [-0.4, -0.2) is 27.2 Å². The van der Waals surface area contributed by atoms with Gasteiger partial charge in [0.2, 0.25) is 5.91 Å². The maximum absolute atomic E-state index is 13.5. The van der Waals surface area contributed by atoms with Crippen LogP contribution in [0.4, 0.5) is 8.78 Å². The molecule has 1 aliphatic carbocycles. The number of nitrogens with zero attached hydrogens (tertiary/aromatic N) is 3. The lowest BCUT2D eigenvalue weighted by atomic mass is 9.90. The van der Waals surface area contributed by atoms with Crippen LogP contribution in [0.3, 0.4) is 0 Å². The molecule has 1 fully saturated rings. The van der Waals surface area contributed by atoms with Crippen molar-refractivity contribution in [1.29, 1.82) is 0 Å². The molecule has 7 heteroatoms. The largest absolute Gasteiger partial charge is 0.356 e. The molecular formula is C17H20F2N4O. The number of carbonyl (C=O) groups is 1. The minimum atomic E-state index is -0.860. The van der Waals surface area contributed by atoms with Crippen LogP contribution in [0.25, 0.3) is 0 Å². The third kappa shape index (κ3) is 3.96. The molecule has 0 radical (unpaired) electrons. The standard InChI is InChI=1S/C17H20F2N4O/c1-23-16(21-10-22-23)6-7-20-17(24)9-13(11-2-3-11)12-4-5-14(18)15(19)8-12/h4-5,8,10-11,13H,2-3,6-7,9H2,1H3,(H,20,24). The van der Waals surface area contributed by atoms with E-state index in [2.05, 4.69) is 15.4 Å². The van der Waals surface area contributed by atoms with E-state index in [-0.39, 0.29) is 18.2 Å². The van der Waals surface area contributed by atoms with Crippen molar-refractivity contribution >= 4 is 5.91 Å². The molecule has 1 saturated carbocycles. The number of nitrogens with one attached hydrogen (secondary N) is 1. The molecule has 1 heterocycles. The number of halogens is 2. The lowest BCUT2D eigenvalue weighted by molar-refractivity contribution is -0.121. The summed E-state index contributed by atoms with van der Waals surface area (Å²) in [5.41, 5.74) is 0.694. The number of rotatable bonds is 7. The summed E-state index contributed by atoms with van der Waals surface area (Å²) in [7, 11) is 1.80. The van der Waals surface area contributed by atoms with Gasteiger partial charge in [-0.25, -0.2) is 13.8 Å². The van der Waals surface area contributed by atoms with Crippen LogP contribution in [-0.2, 0) is 18.3 Å². The summed E-state index contributed by atoms with van der Waals surface area (Å²) in [4.78, 5) is 16.3. The number of hydrogen-bond acceptors (Lipinski definition) is 3. The van der Waals surface area contributed by atoms with E-state index in [0.29, 0.717) is 24.4 Å². The first-order valence-corrected chi connectivity index (χ1v) is 8.09. The van der Waals surface area contributed by atoms with E-state index in [4.69, 9.17) is 0 Å². The Morgan fingerprint density at radius 2 is 2.17 bits per heavy atom. The maximum atomic E-state index is 13.5.